The first-order chi connectivity index (χ1) is 3.31. The van der Waals surface area contributed by atoms with Crippen LogP contribution in [0.5, 0.6) is 0 Å². The van der Waals surface area contributed by atoms with Crippen LogP contribution >= 0.6 is 15.9 Å². The monoisotopic (exact) mass is 168 g/mol. The minimum Gasteiger partial charge on any atom is -0.396 e. The molecule has 0 saturated heterocycles. The van der Waals surface area contributed by atoms with Crippen molar-refractivity contribution in [3.63, 3.8) is 0 Å². The molecule has 44 valence electrons. The molecular weight excluding hydrogens is 160 g/mol. The summed E-state index contributed by atoms with van der Waals surface area (Å²) < 4.78 is 0. The van der Waals surface area contributed by atoms with E-state index >= 15 is 0 Å². The molecule has 2 N–H and O–H groups in total. The Morgan fingerprint density at radius 3 is 2.29 bits per heavy atom. The molecule has 0 amide bonds. The van der Waals surface area contributed by atoms with E-state index in [2.05, 4.69) is 15.9 Å². The highest BCUT2D eigenvalue weighted by Crippen LogP contribution is 1.93. The molecule has 0 spiro atoms. The van der Waals surface area contributed by atoms with E-state index in [9.17, 15) is 0 Å². The van der Waals surface area contributed by atoms with Gasteiger partial charge in [-0.2, -0.15) is 0 Å². The second kappa shape index (κ2) is 4.56. The predicted molar refractivity (Wildman–Crippen MR) is 31.5 cm³/mol. The van der Waals surface area contributed by atoms with Crippen LogP contribution in [-0.4, -0.2) is 28.3 Å². The fraction of sp³-hybridized carbons (Fsp3) is 1.00. The summed E-state index contributed by atoms with van der Waals surface area (Å²) in [5.74, 6) is 0. The van der Waals surface area contributed by atoms with Gasteiger partial charge in [0.05, 0.1) is 6.10 Å². The molecule has 0 bridgehead atoms. The van der Waals surface area contributed by atoms with Crippen LogP contribution in [0.3, 0.4) is 0 Å². The minimum absolute atomic E-state index is 0.0623. The summed E-state index contributed by atoms with van der Waals surface area (Å²) in [6, 6.07) is 0. The van der Waals surface area contributed by atoms with Gasteiger partial charge in [-0.25, -0.2) is 0 Å². The van der Waals surface area contributed by atoms with Gasteiger partial charge in [0.15, 0.2) is 0 Å². The topological polar surface area (TPSA) is 40.5 Å². The van der Waals surface area contributed by atoms with E-state index < -0.39 is 0 Å². The van der Waals surface area contributed by atoms with Crippen LogP contribution in [0.1, 0.15) is 6.42 Å². The second-order valence-corrected chi connectivity index (χ2v) is 1.97. The van der Waals surface area contributed by atoms with E-state index in [0.717, 1.165) is 0 Å². The SMILES string of the molecule is OCC[C@H](O)CBr. The van der Waals surface area contributed by atoms with Gasteiger partial charge in [-0.05, 0) is 6.42 Å². The first kappa shape index (κ1) is 7.40. The van der Waals surface area contributed by atoms with Gasteiger partial charge in [-0.3, -0.25) is 0 Å². The molecule has 0 unspecified atom stereocenters. The van der Waals surface area contributed by atoms with E-state index in [1.807, 2.05) is 0 Å². The van der Waals surface area contributed by atoms with Crippen molar-refractivity contribution >= 4 is 15.9 Å². The summed E-state index contributed by atoms with van der Waals surface area (Å²) in [4.78, 5) is 0. The van der Waals surface area contributed by atoms with Crippen molar-refractivity contribution < 1.29 is 10.2 Å². The lowest BCUT2D eigenvalue weighted by atomic mass is 10.3. The van der Waals surface area contributed by atoms with Crippen molar-refractivity contribution in [1.82, 2.24) is 0 Å². The molecule has 0 radical (unpaired) electrons. The lowest BCUT2D eigenvalue weighted by molar-refractivity contribution is 0.153. The first-order valence-electron chi connectivity index (χ1n) is 2.16. The van der Waals surface area contributed by atoms with Crippen LogP contribution in [0.25, 0.3) is 0 Å². The molecule has 7 heavy (non-hydrogen) atoms. The van der Waals surface area contributed by atoms with Gasteiger partial charge in [-0.1, -0.05) is 15.9 Å². The maximum atomic E-state index is 8.65. The third-order valence-corrected chi connectivity index (χ3v) is 1.39. The zero-order chi connectivity index (χ0) is 5.70. The summed E-state index contributed by atoms with van der Waals surface area (Å²) in [6.45, 7) is 0.0623. The Morgan fingerprint density at radius 2 is 2.14 bits per heavy atom. The van der Waals surface area contributed by atoms with Crippen molar-refractivity contribution in [2.24, 2.45) is 0 Å². The molecular formula is C4H9BrO2. The van der Waals surface area contributed by atoms with Crippen molar-refractivity contribution in [1.29, 1.82) is 0 Å². The highest BCUT2D eigenvalue weighted by Gasteiger charge is 1.96. The Bertz CT molecular complexity index is 40.7. The van der Waals surface area contributed by atoms with Crippen LogP contribution in [0, 0.1) is 0 Å². The number of hydrogen-bond donors (Lipinski definition) is 2. The normalized spacial score (nSPS) is 14.1. The number of rotatable bonds is 3. The van der Waals surface area contributed by atoms with Crippen LogP contribution in [0.4, 0.5) is 0 Å². The lowest BCUT2D eigenvalue weighted by Gasteiger charge is -2.00. The predicted octanol–water partition coefficient (Wildman–Crippen LogP) is 0.125. The fourth-order valence-electron chi connectivity index (χ4n) is 0.226. The molecule has 0 aliphatic carbocycles. The average molecular weight is 169 g/mol. The smallest absolute Gasteiger partial charge is 0.0658 e. The Morgan fingerprint density at radius 1 is 1.57 bits per heavy atom. The van der Waals surface area contributed by atoms with E-state index in [1.54, 1.807) is 0 Å². The van der Waals surface area contributed by atoms with Crippen LogP contribution in [0.2, 0.25) is 0 Å². The van der Waals surface area contributed by atoms with Gasteiger partial charge in [0, 0.05) is 11.9 Å². The quantitative estimate of drug-likeness (QED) is 0.589. The van der Waals surface area contributed by atoms with Gasteiger partial charge in [-0.15, -0.1) is 0 Å². The molecule has 0 aliphatic rings. The summed E-state index contributed by atoms with van der Waals surface area (Å²) in [5.41, 5.74) is 0. The number of hydrogen-bond acceptors (Lipinski definition) is 2. The number of halogens is 1. The standard InChI is InChI=1S/C4H9BrO2/c5-3-4(7)1-2-6/h4,6-7H,1-3H2/t4-/m0/s1. The Kier molecular flexibility index (Phi) is 4.82. The zero-order valence-corrected chi connectivity index (χ0v) is 5.56. The first-order valence-corrected chi connectivity index (χ1v) is 3.28. The number of aliphatic hydroxyl groups excluding tert-OH is 2. The van der Waals surface area contributed by atoms with E-state index in [4.69, 9.17) is 10.2 Å². The molecule has 0 aromatic rings. The summed E-state index contributed by atoms with van der Waals surface area (Å²) >= 11 is 3.05. The molecule has 2 nitrogen and oxygen atoms in total. The van der Waals surface area contributed by atoms with Gasteiger partial charge in [0.1, 0.15) is 0 Å². The molecule has 0 aliphatic heterocycles. The Labute approximate surface area is 51.3 Å². The van der Waals surface area contributed by atoms with E-state index in [-0.39, 0.29) is 12.7 Å². The molecule has 0 saturated carbocycles. The van der Waals surface area contributed by atoms with Crippen LogP contribution in [0.15, 0.2) is 0 Å². The van der Waals surface area contributed by atoms with Gasteiger partial charge in [0.2, 0.25) is 0 Å². The van der Waals surface area contributed by atoms with Crippen LogP contribution in [-0.2, 0) is 0 Å². The summed E-state index contributed by atoms with van der Waals surface area (Å²) in [5, 5.41) is 17.4. The maximum absolute atomic E-state index is 8.65. The number of alkyl halides is 1. The molecule has 1 atom stereocenters. The van der Waals surface area contributed by atoms with Crippen molar-refractivity contribution in [3.05, 3.63) is 0 Å². The average Bonchev–Trinajstić information content (AvgIpc) is 1.68. The molecule has 0 rings (SSSR count). The summed E-state index contributed by atoms with van der Waals surface area (Å²) in [6.07, 6.45) is 0.0793. The molecule has 3 heteroatoms. The van der Waals surface area contributed by atoms with Crippen molar-refractivity contribution in [2.75, 3.05) is 11.9 Å². The van der Waals surface area contributed by atoms with Crippen LogP contribution < -0.4 is 0 Å². The number of aliphatic hydroxyl groups is 2. The largest absolute Gasteiger partial charge is 0.396 e. The third-order valence-electron chi connectivity index (χ3n) is 0.640. The van der Waals surface area contributed by atoms with E-state index in [0.29, 0.717) is 11.8 Å². The second-order valence-electron chi connectivity index (χ2n) is 1.32. The Hall–Kier alpha value is 0.400. The molecule has 0 fully saturated rings. The van der Waals surface area contributed by atoms with Crippen molar-refractivity contribution in [3.8, 4) is 0 Å². The summed E-state index contributed by atoms with van der Waals surface area (Å²) in [7, 11) is 0. The molecule has 0 heterocycles. The molecule has 0 aromatic heterocycles. The highest BCUT2D eigenvalue weighted by molar-refractivity contribution is 9.09. The third kappa shape index (κ3) is 4.25. The van der Waals surface area contributed by atoms with Gasteiger partial charge >= 0.3 is 0 Å². The van der Waals surface area contributed by atoms with Crippen molar-refractivity contribution in [2.45, 2.75) is 12.5 Å². The van der Waals surface area contributed by atoms with Gasteiger partial charge in [0.25, 0.3) is 0 Å². The Balaban J connectivity index is 2.83. The lowest BCUT2D eigenvalue weighted by Crippen LogP contribution is -2.09. The van der Waals surface area contributed by atoms with Gasteiger partial charge < -0.3 is 10.2 Å². The maximum Gasteiger partial charge on any atom is 0.0658 e. The fourth-order valence-corrected chi connectivity index (χ4v) is 0.550. The zero-order valence-electron chi connectivity index (χ0n) is 3.97. The highest BCUT2D eigenvalue weighted by atomic mass is 79.9. The molecule has 0 aromatic carbocycles. The van der Waals surface area contributed by atoms with E-state index in [1.165, 1.54) is 0 Å². The minimum atomic E-state index is -0.384.